The van der Waals surface area contributed by atoms with Gasteiger partial charge in [-0.15, -0.1) is 11.3 Å². The molecule has 2 aromatic rings. The largest absolute Gasteiger partial charge is 0.380 e. The average Bonchev–Trinajstić information content (AvgIpc) is 3.18. The van der Waals surface area contributed by atoms with E-state index in [0.717, 1.165) is 36.8 Å². The van der Waals surface area contributed by atoms with Gasteiger partial charge in [0.1, 0.15) is 17.0 Å². The van der Waals surface area contributed by atoms with Gasteiger partial charge in [0.25, 0.3) is 0 Å². The van der Waals surface area contributed by atoms with Crippen LogP contribution in [0.5, 0.6) is 0 Å². The van der Waals surface area contributed by atoms with Crippen molar-refractivity contribution in [3.05, 3.63) is 17.3 Å². The number of fused-ring (bicyclic) bond motifs is 1. The molecule has 1 aliphatic heterocycles. The van der Waals surface area contributed by atoms with Crippen LogP contribution in [0, 0.1) is 0 Å². The minimum Gasteiger partial charge on any atom is -0.380 e. The first-order valence-corrected chi connectivity index (χ1v) is 10.0. The minimum atomic E-state index is 0.491. The van der Waals surface area contributed by atoms with Crippen molar-refractivity contribution in [2.75, 3.05) is 18.5 Å². The molecule has 2 aromatic heterocycles. The maximum atomic E-state index is 5.43. The number of aromatic nitrogens is 2. The summed E-state index contributed by atoms with van der Waals surface area (Å²) in [6, 6.07) is 3.30. The quantitative estimate of drug-likeness (QED) is 0.808. The molecule has 24 heavy (non-hydrogen) atoms. The standard InChI is InChI=1S/C18H26N4OS/c1-2-4-6-13(5-3-1)22-17-16-9-15(24-18(16)21-12-20-17)10-19-14-7-8-23-11-14/h9,12-14,19H,1-8,10-11H2,(H,20,21,22)/t14-/m0/s1. The van der Waals surface area contributed by atoms with E-state index >= 15 is 0 Å². The highest BCUT2D eigenvalue weighted by atomic mass is 32.1. The Morgan fingerprint density at radius 2 is 1.96 bits per heavy atom. The topological polar surface area (TPSA) is 59.1 Å². The molecule has 5 nitrogen and oxygen atoms in total. The zero-order valence-corrected chi connectivity index (χ0v) is 14.9. The second-order valence-corrected chi connectivity index (χ2v) is 8.04. The van der Waals surface area contributed by atoms with Crippen LogP contribution in [-0.4, -0.2) is 35.3 Å². The van der Waals surface area contributed by atoms with Gasteiger partial charge in [0, 0.05) is 30.1 Å². The monoisotopic (exact) mass is 346 g/mol. The lowest BCUT2D eigenvalue weighted by molar-refractivity contribution is 0.190. The van der Waals surface area contributed by atoms with Crippen LogP contribution < -0.4 is 10.6 Å². The lowest BCUT2D eigenvalue weighted by Gasteiger charge is -2.17. The van der Waals surface area contributed by atoms with E-state index in [1.165, 1.54) is 48.8 Å². The van der Waals surface area contributed by atoms with Gasteiger partial charge < -0.3 is 15.4 Å². The molecule has 1 saturated carbocycles. The van der Waals surface area contributed by atoms with Crippen LogP contribution in [0.3, 0.4) is 0 Å². The van der Waals surface area contributed by atoms with Gasteiger partial charge in [0.2, 0.25) is 0 Å². The van der Waals surface area contributed by atoms with Crippen LogP contribution in [0.25, 0.3) is 10.2 Å². The molecule has 0 unspecified atom stereocenters. The van der Waals surface area contributed by atoms with Gasteiger partial charge >= 0.3 is 0 Å². The lowest BCUT2D eigenvalue weighted by atomic mass is 10.1. The first-order valence-electron chi connectivity index (χ1n) is 9.19. The summed E-state index contributed by atoms with van der Waals surface area (Å²) in [6.45, 7) is 2.60. The first kappa shape index (κ1) is 16.2. The summed E-state index contributed by atoms with van der Waals surface area (Å²) in [4.78, 5) is 11.4. The van der Waals surface area contributed by atoms with E-state index in [-0.39, 0.29) is 0 Å². The molecule has 2 aliphatic rings. The maximum Gasteiger partial charge on any atom is 0.138 e. The number of thiophene rings is 1. The van der Waals surface area contributed by atoms with E-state index in [4.69, 9.17) is 4.74 Å². The molecule has 0 spiro atoms. The van der Waals surface area contributed by atoms with Crippen molar-refractivity contribution >= 4 is 27.4 Å². The van der Waals surface area contributed by atoms with Gasteiger partial charge in [-0.3, -0.25) is 0 Å². The van der Waals surface area contributed by atoms with E-state index in [2.05, 4.69) is 26.7 Å². The molecule has 130 valence electrons. The number of nitrogens with zero attached hydrogens (tertiary/aromatic N) is 2. The fourth-order valence-corrected chi connectivity index (χ4v) is 4.61. The minimum absolute atomic E-state index is 0.491. The van der Waals surface area contributed by atoms with E-state index in [0.29, 0.717) is 12.1 Å². The Morgan fingerprint density at radius 3 is 2.75 bits per heavy atom. The fraction of sp³-hybridized carbons (Fsp3) is 0.667. The molecule has 4 rings (SSSR count). The summed E-state index contributed by atoms with van der Waals surface area (Å²) in [5, 5.41) is 8.45. The zero-order valence-electron chi connectivity index (χ0n) is 14.1. The molecular formula is C18H26N4OS. The Kier molecular flexibility index (Phi) is 5.25. The van der Waals surface area contributed by atoms with Gasteiger partial charge in [-0.05, 0) is 25.3 Å². The van der Waals surface area contributed by atoms with Crippen molar-refractivity contribution in [1.29, 1.82) is 0 Å². The van der Waals surface area contributed by atoms with Crippen molar-refractivity contribution < 1.29 is 4.74 Å². The predicted octanol–water partition coefficient (Wildman–Crippen LogP) is 3.70. The molecule has 0 amide bonds. The Labute approximate surface area is 147 Å². The highest BCUT2D eigenvalue weighted by molar-refractivity contribution is 7.18. The van der Waals surface area contributed by atoms with Crippen LogP contribution >= 0.6 is 11.3 Å². The van der Waals surface area contributed by atoms with Crippen molar-refractivity contribution in [3.8, 4) is 0 Å². The molecule has 1 saturated heterocycles. The zero-order chi connectivity index (χ0) is 16.2. The number of hydrogen-bond acceptors (Lipinski definition) is 6. The summed E-state index contributed by atoms with van der Waals surface area (Å²) in [5.74, 6) is 1.01. The molecule has 0 bridgehead atoms. The third-order valence-corrected chi connectivity index (χ3v) is 6.11. The number of hydrogen-bond donors (Lipinski definition) is 2. The molecule has 1 atom stereocenters. The van der Waals surface area contributed by atoms with Gasteiger partial charge in [0.15, 0.2) is 0 Å². The molecule has 3 heterocycles. The van der Waals surface area contributed by atoms with Gasteiger partial charge in [0.05, 0.1) is 12.0 Å². The van der Waals surface area contributed by atoms with Crippen molar-refractivity contribution in [3.63, 3.8) is 0 Å². The van der Waals surface area contributed by atoms with E-state index in [1.54, 1.807) is 17.7 Å². The van der Waals surface area contributed by atoms with Crippen molar-refractivity contribution in [1.82, 2.24) is 15.3 Å². The second-order valence-electron chi connectivity index (χ2n) is 6.93. The number of anilines is 1. The number of rotatable bonds is 5. The maximum absolute atomic E-state index is 5.43. The Morgan fingerprint density at radius 1 is 1.08 bits per heavy atom. The van der Waals surface area contributed by atoms with Crippen LogP contribution in [0.1, 0.15) is 49.8 Å². The summed E-state index contributed by atoms with van der Waals surface area (Å²) in [6.07, 6.45) is 10.7. The fourth-order valence-electron chi connectivity index (χ4n) is 3.67. The molecule has 1 aliphatic carbocycles. The number of nitrogens with one attached hydrogen (secondary N) is 2. The number of ether oxygens (including phenoxy) is 1. The molecule has 0 radical (unpaired) electrons. The Bertz CT molecular complexity index is 660. The molecule has 2 N–H and O–H groups in total. The second kappa shape index (κ2) is 7.76. The normalized spacial score (nSPS) is 22.8. The Hall–Kier alpha value is -1.24. The van der Waals surface area contributed by atoms with E-state index < -0.39 is 0 Å². The molecule has 6 heteroatoms. The summed E-state index contributed by atoms with van der Waals surface area (Å²) < 4.78 is 5.43. The summed E-state index contributed by atoms with van der Waals surface area (Å²) in [7, 11) is 0. The van der Waals surface area contributed by atoms with E-state index in [9.17, 15) is 0 Å². The third-order valence-electron chi connectivity index (χ3n) is 5.07. The van der Waals surface area contributed by atoms with Gasteiger partial charge in [-0.25, -0.2) is 9.97 Å². The molecule has 2 fully saturated rings. The van der Waals surface area contributed by atoms with Gasteiger partial charge in [-0.1, -0.05) is 25.7 Å². The molecule has 0 aromatic carbocycles. The van der Waals surface area contributed by atoms with Crippen LogP contribution in [0.4, 0.5) is 5.82 Å². The Balaban J connectivity index is 1.46. The predicted molar refractivity (Wildman–Crippen MR) is 98.6 cm³/mol. The van der Waals surface area contributed by atoms with Crippen molar-refractivity contribution in [2.24, 2.45) is 0 Å². The average molecular weight is 347 g/mol. The van der Waals surface area contributed by atoms with Crippen LogP contribution in [0.2, 0.25) is 0 Å². The van der Waals surface area contributed by atoms with Crippen molar-refractivity contribution in [2.45, 2.75) is 63.6 Å². The molecular weight excluding hydrogens is 320 g/mol. The first-order chi connectivity index (χ1) is 11.9. The third kappa shape index (κ3) is 3.87. The lowest BCUT2D eigenvalue weighted by Crippen LogP contribution is -2.28. The SMILES string of the molecule is c1nc(NC2CCCCCC2)c2cc(CN[C@H]3CCOC3)sc2n1. The van der Waals surface area contributed by atoms with E-state index in [1.807, 2.05) is 0 Å². The van der Waals surface area contributed by atoms with Crippen LogP contribution in [-0.2, 0) is 11.3 Å². The van der Waals surface area contributed by atoms with Gasteiger partial charge in [-0.2, -0.15) is 0 Å². The van der Waals surface area contributed by atoms with Crippen LogP contribution in [0.15, 0.2) is 12.4 Å². The highest BCUT2D eigenvalue weighted by Crippen LogP contribution is 2.30. The smallest absolute Gasteiger partial charge is 0.138 e. The highest BCUT2D eigenvalue weighted by Gasteiger charge is 2.17. The summed E-state index contributed by atoms with van der Waals surface area (Å²) in [5.41, 5.74) is 0. The summed E-state index contributed by atoms with van der Waals surface area (Å²) >= 11 is 1.77.